The molecule has 3 aromatic rings. The molecule has 108 valence electrons. The van der Waals surface area contributed by atoms with Gasteiger partial charge in [0.25, 0.3) is 0 Å². The first-order valence-electron chi connectivity index (χ1n) is 6.92. The molecular formula is C18H15N3O. The fourth-order valence-corrected chi connectivity index (χ4v) is 2.04. The van der Waals surface area contributed by atoms with E-state index >= 15 is 0 Å². The Balaban J connectivity index is 2.06. The van der Waals surface area contributed by atoms with Crippen LogP contribution in [0.4, 0.5) is 5.69 Å². The Morgan fingerprint density at radius 3 is 1.86 bits per heavy atom. The molecule has 1 aromatic carbocycles. The van der Waals surface area contributed by atoms with Crippen molar-refractivity contribution in [3.8, 4) is 5.75 Å². The van der Waals surface area contributed by atoms with E-state index in [1.54, 1.807) is 19.5 Å². The zero-order valence-corrected chi connectivity index (χ0v) is 12.2. The van der Waals surface area contributed by atoms with Gasteiger partial charge in [-0.25, -0.2) is 4.99 Å². The van der Waals surface area contributed by atoms with Gasteiger partial charge >= 0.3 is 0 Å². The summed E-state index contributed by atoms with van der Waals surface area (Å²) in [5, 5.41) is 0. The van der Waals surface area contributed by atoms with Crippen molar-refractivity contribution in [3.05, 3.63) is 84.4 Å². The maximum atomic E-state index is 5.17. The zero-order valence-electron chi connectivity index (χ0n) is 12.2. The molecule has 0 atom stereocenters. The summed E-state index contributed by atoms with van der Waals surface area (Å²) in [5.41, 5.74) is 3.15. The van der Waals surface area contributed by atoms with Crippen LogP contribution in [0.2, 0.25) is 0 Å². The number of hydrogen-bond donors (Lipinski definition) is 0. The molecule has 0 aliphatic heterocycles. The van der Waals surface area contributed by atoms with Gasteiger partial charge in [0.05, 0.1) is 24.2 Å². The first-order chi connectivity index (χ1) is 10.9. The van der Waals surface area contributed by atoms with Crippen LogP contribution in [-0.4, -0.2) is 22.8 Å². The summed E-state index contributed by atoms with van der Waals surface area (Å²) < 4.78 is 5.17. The Bertz CT molecular complexity index is 712. The molecule has 4 nitrogen and oxygen atoms in total. The highest BCUT2D eigenvalue weighted by atomic mass is 16.5. The summed E-state index contributed by atoms with van der Waals surface area (Å²) in [6.45, 7) is 0. The number of pyridine rings is 2. The fraction of sp³-hybridized carbons (Fsp3) is 0.0556. The summed E-state index contributed by atoms with van der Waals surface area (Å²) >= 11 is 0. The van der Waals surface area contributed by atoms with E-state index in [0.29, 0.717) is 0 Å². The van der Waals surface area contributed by atoms with Crippen LogP contribution in [0.15, 0.2) is 78.0 Å². The van der Waals surface area contributed by atoms with Gasteiger partial charge in [-0.05, 0) is 48.5 Å². The third kappa shape index (κ3) is 3.17. The largest absolute Gasteiger partial charge is 0.497 e. The van der Waals surface area contributed by atoms with Crippen LogP contribution in [0, 0.1) is 0 Å². The summed E-state index contributed by atoms with van der Waals surface area (Å²) in [6.07, 6.45) is 3.50. The van der Waals surface area contributed by atoms with Gasteiger partial charge in [-0.15, -0.1) is 0 Å². The van der Waals surface area contributed by atoms with Crippen LogP contribution in [0.3, 0.4) is 0 Å². The highest BCUT2D eigenvalue weighted by Gasteiger charge is 2.09. The molecule has 2 heterocycles. The number of hydrogen-bond acceptors (Lipinski definition) is 4. The van der Waals surface area contributed by atoms with Crippen molar-refractivity contribution < 1.29 is 4.74 Å². The second kappa shape index (κ2) is 6.63. The van der Waals surface area contributed by atoms with Gasteiger partial charge in [-0.3, -0.25) is 9.97 Å². The van der Waals surface area contributed by atoms with Gasteiger partial charge in [0.2, 0.25) is 0 Å². The first kappa shape index (κ1) is 13.9. The molecule has 0 amide bonds. The maximum absolute atomic E-state index is 5.17. The van der Waals surface area contributed by atoms with Crippen LogP contribution in [-0.2, 0) is 0 Å². The monoisotopic (exact) mass is 289 g/mol. The average Bonchev–Trinajstić information content (AvgIpc) is 2.62. The minimum Gasteiger partial charge on any atom is -0.497 e. The van der Waals surface area contributed by atoms with E-state index in [1.165, 1.54) is 0 Å². The van der Waals surface area contributed by atoms with E-state index in [9.17, 15) is 0 Å². The zero-order chi connectivity index (χ0) is 15.2. The summed E-state index contributed by atoms with van der Waals surface area (Å²) in [6, 6.07) is 19.1. The summed E-state index contributed by atoms with van der Waals surface area (Å²) in [7, 11) is 1.64. The number of ether oxygens (including phenoxy) is 1. The number of aliphatic imine (C=N–C) groups is 1. The number of nitrogens with zero attached hydrogens (tertiary/aromatic N) is 3. The van der Waals surface area contributed by atoms with Gasteiger partial charge in [0.1, 0.15) is 11.5 Å². The van der Waals surface area contributed by atoms with E-state index < -0.39 is 0 Å². The van der Waals surface area contributed by atoms with E-state index in [0.717, 1.165) is 28.5 Å². The minimum absolute atomic E-state index is 0.742. The SMILES string of the molecule is COc1ccc(N=C(c2ccccn2)c2ccccn2)cc1. The van der Waals surface area contributed by atoms with E-state index in [2.05, 4.69) is 9.97 Å². The summed E-state index contributed by atoms with van der Waals surface area (Å²) in [4.78, 5) is 13.5. The lowest BCUT2D eigenvalue weighted by Crippen LogP contribution is -2.07. The second-order valence-corrected chi connectivity index (χ2v) is 4.59. The molecule has 2 aromatic heterocycles. The van der Waals surface area contributed by atoms with Crippen LogP contribution in [0.25, 0.3) is 0 Å². The van der Waals surface area contributed by atoms with Gasteiger partial charge in [0, 0.05) is 12.4 Å². The fourth-order valence-electron chi connectivity index (χ4n) is 2.04. The Hall–Kier alpha value is -3.01. The van der Waals surface area contributed by atoms with Gasteiger partial charge in [-0.2, -0.15) is 0 Å². The Labute approximate surface area is 129 Å². The molecule has 4 heteroatoms. The van der Waals surface area contributed by atoms with E-state index in [1.807, 2.05) is 60.7 Å². The first-order valence-corrected chi connectivity index (χ1v) is 6.92. The van der Waals surface area contributed by atoms with Gasteiger partial charge in [-0.1, -0.05) is 12.1 Å². The lowest BCUT2D eigenvalue weighted by atomic mass is 10.1. The molecule has 0 unspecified atom stereocenters. The molecule has 0 aliphatic rings. The predicted molar refractivity (Wildman–Crippen MR) is 86.8 cm³/mol. The quantitative estimate of drug-likeness (QED) is 0.689. The van der Waals surface area contributed by atoms with Crippen LogP contribution in [0.5, 0.6) is 5.75 Å². The lowest BCUT2D eigenvalue weighted by Gasteiger charge is -2.06. The molecule has 0 saturated heterocycles. The Morgan fingerprint density at radius 1 is 0.818 bits per heavy atom. The molecule has 3 rings (SSSR count). The van der Waals surface area contributed by atoms with Gasteiger partial charge < -0.3 is 4.74 Å². The molecule has 0 radical (unpaired) electrons. The standard InChI is InChI=1S/C18H15N3O/c1-22-15-10-8-14(9-11-15)21-18(16-6-2-4-12-19-16)17-7-3-5-13-20-17/h2-13H,1H3. The van der Waals surface area contributed by atoms with Crippen molar-refractivity contribution in [2.45, 2.75) is 0 Å². The molecule has 0 aliphatic carbocycles. The van der Waals surface area contributed by atoms with Crippen molar-refractivity contribution in [3.63, 3.8) is 0 Å². The number of benzene rings is 1. The molecule has 0 spiro atoms. The van der Waals surface area contributed by atoms with Gasteiger partial charge in [0.15, 0.2) is 0 Å². The maximum Gasteiger partial charge on any atom is 0.119 e. The highest BCUT2D eigenvalue weighted by molar-refractivity contribution is 6.11. The third-order valence-electron chi connectivity index (χ3n) is 3.13. The smallest absolute Gasteiger partial charge is 0.119 e. The predicted octanol–water partition coefficient (Wildman–Crippen LogP) is 3.65. The normalized spacial score (nSPS) is 10.0. The van der Waals surface area contributed by atoms with Crippen LogP contribution < -0.4 is 4.74 Å². The Kier molecular flexibility index (Phi) is 4.20. The topological polar surface area (TPSA) is 47.4 Å². The van der Waals surface area contributed by atoms with Crippen molar-refractivity contribution in [2.24, 2.45) is 4.99 Å². The van der Waals surface area contributed by atoms with Crippen molar-refractivity contribution in [1.29, 1.82) is 0 Å². The number of rotatable bonds is 4. The van der Waals surface area contributed by atoms with Crippen LogP contribution in [0.1, 0.15) is 11.4 Å². The number of aromatic nitrogens is 2. The van der Waals surface area contributed by atoms with Crippen molar-refractivity contribution >= 4 is 11.4 Å². The molecular weight excluding hydrogens is 274 g/mol. The van der Waals surface area contributed by atoms with E-state index in [-0.39, 0.29) is 0 Å². The minimum atomic E-state index is 0.742. The number of methoxy groups -OCH3 is 1. The Morgan fingerprint density at radius 2 is 1.41 bits per heavy atom. The van der Waals surface area contributed by atoms with Crippen LogP contribution >= 0.6 is 0 Å². The van der Waals surface area contributed by atoms with Crippen molar-refractivity contribution in [1.82, 2.24) is 9.97 Å². The third-order valence-corrected chi connectivity index (χ3v) is 3.13. The average molecular weight is 289 g/mol. The molecule has 0 fully saturated rings. The molecule has 0 saturated carbocycles. The molecule has 22 heavy (non-hydrogen) atoms. The molecule has 0 N–H and O–H groups in total. The second-order valence-electron chi connectivity index (χ2n) is 4.59. The molecule has 0 bridgehead atoms. The van der Waals surface area contributed by atoms with E-state index in [4.69, 9.17) is 9.73 Å². The van der Waals surface area contributed by atoms with Crippen molar-refractivity contribution in [2.75, 3.05) is 7.11 Å². The summed E-state index contributed by atoms with van der Waals surface area (Å²) in [5.74, 6) is 0.802. The highest BCUT2D eigenvalue weighted by Crippen LogP contribution is 2.20. The lowest BCUT2D eigenvalue weighted by molar-refractivity contribution is 0.415.